The summed E-state index contributed by atoms with van der Waals surface area (Å²) in [6.45, 7) is 0. The van der Waals surface area contributed by atoms with E-state index in [-0.39, 0.29) is 0 Å². The van der Waals surface area contributed by atoms with Gasteiger partial charge in [0.2, 0.25) is 0 Å². The van der Waals surface area contributed by atoms with Crippen LogP contribution in [0.5, 0.6) is 0 Å². The fourth-order valence-electron chi connectivity index (χ4n) is 0.957. The van der Waals surface area contributed by atoms with Gasteiger partial charge in [-0.25, -0.2) is 0 Å². The van der Waals surface area contributed by atoms with Crippen LogP contribution in [-0.4, -0.2) is 71.1 Å². The van der Waals surface area contributed by atoms with Gasteiger partial charge in [-0.05, 0) is 0 Å². The lowest BCUT2D eigenvalue weighted by molar-refractivity contribution is -0.121. The number of rotatable bonds is 6. The number of carbonyl (C=O) groups is 2. The molecule has 0 rings (SSSR count). The molecule has 0 aromatic heterocycles. The molecule has 0 fully saturated rings. The van der Waals surface area contributed by atoms with Crippen LogP contribution in [0.15, 0.2) is 12.2 Å². The molecule has 0 saturated heterocycles. The second-order valence-corrected chi connectivity index (χ2v) is 8.82. The van der Waals surface area contributed by atoms with Gasteiger partial charge < -0.3 is 0 Å². The van der Waals surface area contributed by atoms with Crippen LogP contribution in [0.4, 0.5) is 0 Å². The summed E-state index contributed by atoms with van der Waals surface area (Å²) in [5.74, 6) is -4.75. The van der Waals surface area contributed by atoms with Crippen LogP contribution in [0, 0.1) is 0 Å². The van der Waals surface area contributed by atoms with Gasteiger partial charge in [0.05, 0.1) is 0 Å². The van der Waals surface area contributed by atoms with Crippen molar-refractivity contribution in [2.45, 2.75) is 0 Å². The van der Waals surface area contributed by atoms with Crippen molar-refractivity contribution in [3.8, 4) is 0 Å². The highest BCUT2D eigenvalue weighted by Gasteiger charge is 2.37. The molecule has 24 heavy (non-hydrogen) atoms. The lowest BCUT2D eigenvalue weighted by atomic mass is 10.5. The molecule has 0 aliphatic carbocycles. The Morgan fingerprint density at radius 3 is 0.833 bits per heavy atom. The van der Waals surface area contributed by atoms with Crippen molar-refractivity contribution in [2.75, 3.05) is 0 Å². The summed E-state index contributed by atoms with van der Waals surface area (Å²) in [6.07, 6.45) is -0.847. The zero-order chi connectivity index (χ0) is 19.7. The molecule has 0 radical (unpaired) electrons. The molecule has 0 aromatic carbocycles. The lowest BCUT2D eigenvalue weighted by Gasteiger charge is -2.13. The van der Waals surface area contributed by atoms with Crippen LogP contribution in [0.2, 0.25) is 0 Å². The minimum absolute atomic E-state index is 0.423. The molecule has 0 atom stereocenters. The minimum Gasteiger partial charge on any atom is -0.268 e. The predicted octanol–water partition coefficient (Wildman–Crippen LogP) is -3.59. The second-order valence-electron chi connectivity index (χ2n) is 3.32. The van der Waals surface area contributed by atoms with Crippen molar-refractivity contribution in [1.82, 2.24) is 7.42 Å². The van der Waals surface area contributed by atoms with Gasteiger partial charge in [0, 0.05) is 12.2 Å². The summed E-state index contributed by atoms with van der Waals surface area (Å²) >= 11 is 0. The van der Waals surface area contributed by atoms with Crippen LogP contribution >= 0.6 is 0 Å². The monoisotopic (exact) mass is 434 g/mol. The fourth-order valence-corrected chi connectivity index (χ4v) is 4.01. The maximum Gasteiger partial charge on any atom is 0.377 e. The van der Waals surface area contributed by atoms with Crippen molar-refractivity contribution in [2.24, 2.45) is 0 Å². The third kappa shape index (κ3) is 6.08. The smallest absolute Gasteiger partial charge is 0.268 e. The van der Waals surface area contributed by atoms with E-state index in [1.54, 1.807) is 0 Å². The summed E-state index contributed by atoms with van der Waals surface area (Å²) < 4.78 is 116. The van der Waals surface area contributed by atoms with Gasteiger partial charge in [-0.2, -0.15) is 33.7 Å². The number of hydrogen-bond donors (Lipinski definition) is 4. The van der Waals surface area contributed by atoms with Gasteiger partial charge in [0.25, 0.3) is 11.8 Å². The van der Waals surface area contributed by atoms with E-state index in [9.17, 15) is 43.3 Å². The van der Waals surface area contributed by atoms with Gasteiger partial charge in [-0.15, -0.1) is 0 Å². The molecule has 0 unspecified atom stereocenters. The summed E-state index contributed by atoms with van der Waals surface area (Å²) in [5.41, 5.74) is 0. The van der Waals surface area contributed by atoms with Crippen molar-refractivity contribution in [3.63, 3.8) is 0 Å². The highest BCUT2D eigenvalue weighted by Crippen LogP contribution is 2.09. The largest absolute Gasteiger partial charge is 0.377 e. The Bertz CT molecular complexity index is 835. The molecule has 140 valence electrons. The normalized spacial score (nSPS) is 13.7. The molecule has 16 nitrogen and oxygen atoms in total. The Morgan fingerprint density at radius 1 is 0.542 bits per heavy atom. The molecule has 0 aliphatic rings. The van der Waals surface area contributed by atoms with Crippen LogP contribution in [0.3, 0.4) is 0 Å². The molecule has 0 saturated carbocycles. The Balaban J connectivity index is 5.92. The van der Waals surface area contributed by atoms with Gasteiger partial charge in [-0.1, -0.05) is 7.42 Å². The quantitative estimate of drug-likeness (QED) is 0.233. The van der Waals surface area contributed by atoms with Crippen LogP contribution in [-0.2, 0) is 50.8 Å². The predicted molar refractivity (Wildman–Crippen MR) is 69.0 cm³/mol. The van der Waals surface area contributed by atoms with Crippen molar-refractivity contribution in [3.05, 3.63) is 12.2 Å². The van der Waals surface area contributed by atoms with Crippen LogP contribution in [0.25, 0.3) is 0 Å². The SMILES string of the molecule is O=C(/C=C\C(=O)N(S(=O)(=O)O)S(=O)(=O)O)N(S(=O)(=O)O)S(=O)(=O)O. The van der Waals surface area contributed by atoms with Gasteiger partial charge in [0.15, 0.2) is 0 Å². The zero-order valence-corrected chi connectivity index (χ0v) is 13.8. The first-order valence-corrected chi connectivity index (χ1v) is 10.1. The van der Waals surface area contributed by atoms with E-state index in [2.05, 4.69) is 0 Å². The molecule has 0 bridgehead atoms. The number of carbonyl (C=O) groups excluding carboxylic acids is 2. The third-order valence-electron chi connectivity index (χ3n) is 1.57. The Morgan fingerprint density at radius 2 is 0.708 bits per heavy atom. The van der Waals surface area contributed by atoms with E-state index in [1.165, 1.54) is 0 Å². The van der Waals surface area contributed by atoms with Gasteiger partial charge in [-0.3, -0.25) is 27.8 Å². The topological polar surface area (TPSA) is 258 Å². The van der Waals surface area contributed by atoms with Crippen molar-refractivity contribution in [1.29, 1.82) is 0 Å². The number of hydrogen-bond acceptors (Lipinski definition) is 10. The first-order chi connectivity index (χ1) is 10.3. The summed E-state index contributed by atoms with van der Waals surface area (Å²) in [6, 6.07) is 0. The molecular weight excluding hydrogens is 428 g/mol. The van der Waals surface area contributed by atoms with Crippen LogP contribution < -0.4 is 0 Å². The van der Waals surface area contributed by atoms with Gasteiger partial charge in [0.1, 0.15) is 0 Å². The van der Waals surface area contributed by atoms with E-state index >= 15 is 0 Å². The Kier molecular flexibility index (Phi) is 6.21. The minimum atomic E-state index is -5.91. The average molecular weight is 434 g/mol. The number of nitrogens with zero attached hydrogens (tertiary/aromatic N) is 2. The summed E-state index contributed by atoms with van der Waals surface area (Å²) in [5, 5.41) is 0. The highest BCUT2D eigenvalue weighted by molar-refractivity contribution is 8.00. The van der Waals surface area contributed by atoms with Crippen LogP contribution in [0.1, 0.15) is 0 Å². The van der Waals surface area contributed by atoms with E-state index in [1.807, 2.05) is 0 Å². The molecule has 0 aliphatic heterocycles. The molecule has 0 heterocycles. The summed E-state index contributed by atoms with van der Waals surface area (Å²) in [4.78, 5) is 22.5. The molecule has 2 amide bonds. The molecular formula is C4H6N2O14S4. The summed E-state index contributed by atoms with van der Waals surface area (Å²) in [7, 11) is -23.6. The zero-order valence-electron chi connectivity index (χ0n) is 10.6. The standard InChI is InChI=1S/C4H6N2O14S4/c7-3(5(21(9,10)11)22(12,13)14)1-2-4(8)6(23(15,16)17)24(18,19)20/h1-2H,(H,9,10,11)(H,12,13,14)(H,15,16,17)(H,18,19,20)/b2-1-. The van der Waals surface area contributed by atoms with Gasteiger partial charge >= 0.3 is 41.2 Å². The Labute approximate surface area is 134 Å². The second kappa shape index (κ2) is 6.67. The highest BCUT2D eigenvalue weighted by atomic mass is 32.3. The number of amides is 2. The average Bonchev–Trinajstić information content (AvgIpc) is 2.17. The Hall–Kier alpha value is -1.68. The van der Waals surface area contributed by atoms with E-state index < -0.39 is 72.6 Å². The molecule has 4 N–H and O–H groups in total. The third-order valence-corrected chi connectivity index (χ3v) is 6.22. The van der Waals surface area contributed by atoms with E-state index in [0.717, 1.165) is 0 Å². The van der Waals surface area contributed by atoms with E-state index in [0.29, 0.717) is 0 Å². The maximum atomic E-state index is 11.2. The first-order valence-electron chi connectivity index (χ1n) is 4.56. The molecule has 0 spiro atoms. The fraction of sp³-hybridized carbons (Fsp3) is 0. The van der Waals surface area contributed by atoms with Crippen molar-refractivity contribution >= 4 is 53.0 Å². The molecule has 20 heteroatoms. The first kappa shape index (κ1) is 22.3. The van der Waals surface area contributed by atoms with E-state index in [4.69, 9.17) is 18.2 Å². The van der Waals surface area contributed by atoms with Crippen molar-refractivity contribution < 1.29 is 61.5 Å². The maximum absolute atomic E-state index is 11.2. The lowest BCUT2D eigenvalue weighted by Crippen LogP contribution is -2.41. The molecule has 0 aromatic rings.